The minimum Gasteiger partial charge on any atom is -0.384 e. The molecule has 0 aromatic carbocycles. The van der Waals surface area contributed by atoms with Crippen LogP contribution in [0.4, 0.5) is 11.6 Å². The molecule has 2 aromatic rings. The summed E-state index contributed by atoms with van der Waals surface area (Å²) in [5.74, 6) is 0.973. The van der Waals surface area contributed by atoms with Crippen LogP contribution in [-0.2, 0) is 0 Å². The number of nitrogen functional groups attached to an aromatic ring is 2. The molecule has 0 amide bonds. The Morgan fingerprint density at radius 1 is 1.08 bits per heavy atom. The van der Waals surface area contributed by atoms with Crippen LogP contribution in [0.15, 0.2) is 30.6 Å². The largest absolute Gasteiger partial charge is 0.384 e. The van der Waals surface area contributed by atoms with Crippen LogP contribution in [-0.4, -0.2) is 14.8 Å². The molecule has 0 saturated heterocycles. The lowest BCUT2D eigenvalue weighted by Crippen LogP contribution is -1.98. The van der Waals surface area contributed by atoms with Crippen molar-refractivity contribution in [3.05, 3.63) is 30.6 Å². The highest BCUT2D eigenvalue weighted by Gasteiger charge is 1.97. The zero-order valence-electron chi connectivity index (χ0n) is 6.88. The monoisotopic (exact) mass is 175 g/mol. The van der Waals surface area contributed by atoms with E-state index in [0.717, 1.165) is 5.69 Å². The first kappa shape index (κ1) is 7.60. The van der Waals surface area contributed by atoms with Gasteiger partial charge in [0.05, 0.1) is 11.9 Å². The van der Waals surface area contributed by atoms with Crippen molar-refractivity contribution in [3.8, 4) is 5.69 Å². The minimum absolute atomic E-state index is 0.483. The lowest BCUT2D eigenvalue weighted by molar-refractivity contribution is 0.880. The average Bonchev–Trinajstić information content (AvgIpc) is 2.53. The molecule has 0 spiro atoms. The third kappa shape index (κ3) is 1.44. The molecule has 0 radical (unpaired) electrons. The summed E-state index contributed by atoms with van der Waals surface area (Å²) in [6.45, 7) is 0. The smallest absolute Gasteiger partial charge is 0.145 e. The molecule has 2 rings (SSSR count). The lowest BCUT2D eigenvalue weighted by Gasteiger charge is -1.99. The number of nitrogens with two attached hydrogens (primary N) is 2. The zero-order valence-corrected chi connectivity index (χ0v) is 6.88. The van der Waals surface area contributed by atoms with E-state index in [1.54, 1.807) is 29.2 Å². The predicted octanol–water partition coefficient (Wildman–Crippen LogP) is 0.432. The summed E-state index contributed by atoms with van der Waals surface area (Å²) in [4.78, 5) is 3.94. The summed E-state index contributed by atoms with van der Waals surface area (Å²) in [6.07, 6.45) is 3.41. The minimum atomic E-state index is 0.483. The van der Waals surface area contributed by atoms with Crippen LogP contribution in [0, 0.1) is 0 Å². The molecule has 0 fully saturated rings. The van der Waals surface area contributed by atoms with Gasteiger partial charge in [-0.1, -0.05) is 0 Å². The highest BCUT2D eigenvalue weighted by Crippen LogP contribution is 2.07. The quantitative estimate of drug-likeness (QED) is 0.658. The van der Waals surface area contributed by atoms with E-state index in [-0.39, 0.29) is 0 Å². The number of hydrogen-bond acceptors (Lipinski definition) is 4. The molecular weight excluding hydrogens is 166 g/mol. The normalized spacial score (nSPS) is 10.2. The van der Waals surface area contributed by atoms with Crippen LogP contribution >= 0.6 is 0 Å². The topological polar surface area (TPSA) is 82.8 Å². The van der Waals surface area contributed by atoms with E-state index in [9.17, 15) is 0 Å². The maximum Gasteiger partial charge on any atom is 0.145 e. The van der Waals surface area contributed by atoms with E-state index in [1.165, 1.54) is 0 Å². The Morgan fingerprint density at radius 3 is 2.46 bits per heavy atom. The van der Waals surface area contributed by atoms with Gasteiger partial charge in [-0.2, -0.15) is 5.10 Å². The van der Waals surface area contributed by atoms with Crippen LogP contribution in [0.25, 0.3) is 5.69 Å². The molecule has 0 unspecified atom stereocenters. The number of anilines is 2. The molecule has 5 nitrogen and oxygen atoms in total. The van der Waals surface area contributed by atoms with Crippen molar-refractivity contribution in [2.45, 2.75) is 0 Å². The van der Waals surface area contributed by atoms with E-state index in [2.05, 4.69) is 10.1 Å². The first-order chi connectivity index (χ1) is 6.25. The van der Waals surface area contributed by atoms with Gasteiger partial charge in [-0.3, -0.25) is 0 Å². The van der Waals surface area contributed by atoms with Crippen LogP contribution < -0.4 is 11.5 Å². The van der Waals surface area contributed by atoms with Crippen molar-refractivity contribution in [2.75, 3.05) is 11.5 Å². The fourth-order valence-corrected chi connectivity index (χ4v) is 1.01. The summed E-state index contributed by atoms with van der Waals surface area (Å²) < 4.78 is 1.64. The summed E-state index contributed by atoms with van der Waals surface area (Å²) in [7, 11) is 0. The molecule has 13 heavy (non-hydrogen) atoms. The summed E-state index contributed by atoms with van der Waals surface area (Å²) in [6, 6.07) is 5.26. The Labute approximate surface area is 75.0 Å². The van der Waals surface area contributed by atoms with Gasteiger partial charge in [0.2, 0.25) is 0 Å². The van der Waals surface area contributed by atoms with Crippen LogP contribution in [0.5, 0.6) is 0 Å². The Hall–Kier alpha value is -2.04. The standard InChI is InChI=1S/C8H9N5/c9-7-2-1-6(5-11-7)13-4-3-8(10)12-13/h1-5H,(H2,9,11)(H2,10,12). The Morgan fingerprint density at radius 2 is 1.92 bits per heavy atom. The molecule has 2 aromatic heterocycles. The molecule has 0 aliphatic carbocycles. The van der Waals surface area contributed by atoms with Gasteiger partial charge < -0.3 is 11.5 Å². The van der Waals surface area contributed by atoms with Crippen LogP contribution in [0.3, 0.4) is 0 Å². The van der Waals surface area contributed by atoms with Crippen molar-refractivity contribution in [3.63, 3.8) is 0 Å². The summed E-state index contributed by atoms with van der Waals surface area (Å²) in [5, 5.41) is 4.02. The second kappa shape index (κ2) is 2.78. The fourth-order valence-electron chi connectivity index (χ4n) is 1.01. The average molecular weight is 175 g/mol. The van der Waals surface area contributed by atoms with Gasteiger partial charge in [0.25, 0.3) is 0 Å². The highest BCUT2D eigenvalue weighted by atomic mass is 15.3. The SMILES string of the molecule is Nc1ccc(-n2ccc(N)n2)cn1. The van der Waals surface area contributed by atoms with Crippen LogP contribution in [0.2, 0.25) is 0 Å². The van der Waals surface area contributed by atoms with Gasteiger partial charge in [0.1, 0.15) is 11.6 Å². The van der Waals surface area contributed by atoms with E-state index < -0.39 is 0 Å². The summed E-state index contributed by atoms with van der Waals surface area (Å²) >= 11 is 0. The molecule has 0 aliphatic heterocycles. The number of nitrogens with zero attached hydrogens (tertiary/aromatic N) is 3. The lowest BCUT2D eigenvalue weighted by atomic mass is 10.4. The first-order valence-corrected chi connectivity index (χ1v) is 3.79. The van der Waals surface area contributed by atoms with Crippen molar-refractivity contribution in [2.24, 2.45) is 0 Å². The number of hydrogen-bond donors (Lipinski definition) is 2. The van der Waals surface area contributed by atoms with Gasteiger partial charge in [0.15, 0.2) is 0 Å². The van der Waals surface area contributed by atoms with Crippen molar-refractivity contribution >= 4 is 11.6 Å². The molecule has 0 saturated carbocycles. The molecule has 0 aliphatic rings. The van der Waals surface area contributed by atoms with Gasteiger partial charge in [-0.25, -0.2) is 9.67 Å². The fraction of sp³-hybridized carbons (Fsp3) is 0. The third-order valence-corrected chi connectivity index (χ3v) is 1.64. The number of rotatable bonds is 1. The molecule has 0 bridgehead atoms. The van der Waals surface area contributed by atoms with Gasteiger partial charge in [-0.15, -0.1) is 0 Å². The van der Waals surface area contributed by atoms with E-state index in [1.807, 2.05) is 6.07 Å². The first-order valence-electron chi connectivity index (χ1n) is 3.79. The highest BCUT2D eigenvalue weighted by molar-refractivity contribution is 5.38. The molecular formula is C8H9N5. The Kier molecular flexibility index (Phi) is 1.63. The van der Waals surface area contributed by atoms with Crippen molar-refractivity contribution in [1.29, 1.82) is 0 Å². The molecule has 66 valence electrons. The zero-order chi connectivity index (χ0) is 9.26. The second-order valence-corrected chi connectivity index (χ2v) is 2.63. The van der Waals surface area contributed by atoms with Gasteiger partial charge >= 0.3 is 0 Å². The maximum atomic E-state index is 5.47. The Balaban J connectivity index is 2.41. The van der Waals surface area contributed by atoms with Crippen molar-refractivity contribution < 1.29 is 0 Å². The summed E-state index contributed by atoms with van der Waals surface area (Å²) in [5.41, 5.74) is 11.8. The third-order valence-electron chi connectivity index (χ3n) is 1.64. The predicted molar refractivity (Wildman–Crippen MR) is 50.2 cm³/mol. The number of pyridine rings is 1. The van der Waals surface area contributed by atoms with Crippen molar-refractivity contribution in [1.82, 2.24) is 14.8 Å². The van der Waals surface area contributed by atoms with E-state index >= 15 is 0 Å². The van der Waals surface area contributed by atoms with Gasteiger partial charge in [0, 0.05) is 12.3 Å². The molecule has 2 heterocycles. The molecule has 0 atom stereocenters. The molecule has 4 N–H and O–H groups in total. The van der Waals surface area contributed by atoms with Crippen LogP contribution in [0.1, 0.15) is 0 Å². The Bertz CT molecular complexity index is 403. The van der Waals surface area contributed by atoms with Gasteiger partial charge in [-0.05, 0) is 12.1 Å². The van der Waals surface area contributed by atoms with E-state index in [4.69, 9.17) is 11.5 Å². The maximum absolute atomic E-state index is 5.47. The molecule has 5 heteroatoms. The second-order valence-electron chi connectivity index (χ2n) is 2.63. The van der Waals surface area contributed by atoms with E-state index in [0.29, 0.717) is 11.6 Å². The number of aromatic nitrogens is 3.